The summed E-state index contributed by atoms with van der Waals surface area (Å²) in [5.74, 6) is -2.48. The minimum absolute atomic E-state index is 0.185. The number of nitrogens with one attached hydrogen (secondary N) is 3. The number of benzene rings is 1. The summed E-state index contributed by atoms with van der Waals surface area (Å²) in [6.07, 6.45) is 2.05. The monoisotopic (exact) mass is 319 g/mol. The number of allylic oxidation sites excluding steroid dienone is 1. The second kappa shape index (κ2) is 7.04. The maximum absolute atomic E-state index is 13.9. The van der Waals surface area contributed by atoms with Crippen LogP contribution in [0, 0.1) is 0 Å². The Morgan fingerprint density at radius 1 is 0.957 bits per heavy atom. The fourth-order valence-electron chi connectivity index (χ4n) is 2.17. The molecule has 0 heterocycles. The van der Waals surface area contributed by atoms with Gasteiger partial charge < -0.3 is 16.0 Å². The molecule has 0 bridgehead atoms. The van der Waals surface area contributed by atoms with Crippen molar-refractivity contribution in [1.82, 2.24) is 10.6 Å². The van der Waals surface area contributed by atoms with Gasteiger partial charge in [0, 0.05) is 30.9 Å². The zero-order chi connectivity index (χ0) is 17.0. The first-order valence-electron chi connectivity index (χ1n) is 7.24. The number of amides is 3. The first-order chi connectivity index (χ1) is 11.0. The van der Waals surface area contributed by atoms with Gasteiger partial charge in [-0.15, -0.1) is 0 Å². The lowest BCUT2D eigenvalue weighted by molar-refractivity contribution is -0.114. The zero-order valence-electron chi connectivity index (χ0n) is 13.0. The molecule has 3 amide bonds. The molecule has 1 aliphatic rings. The Morgan fingerprint density at radius 2 is 1.48 bits per heavy atom. The lowest BCUT2D eigenvalue weighted by atomic mass is 9.91. The summed E-state index contributed by atoms with van der Waals surface area (Å²) in [4.78, 5) is 35.4. The normalized spacial score (nSPS) is 12.9. The number of halogens is 1. The minimum atomic E-state index is -0.864. The van der Waals surface area contributed by atoms with Gasteiger partial charge in [0.2, 0.25) is 0 Å². The number of hydrogen-bond donors (Lipinski definition) is 3. The lowest BCUT2D eigenvalue weighted by Gasteiger charge is -2.17. The Labute approximate surface area is 133 Å². The standard InChI is InChI=1S/C16H18FN3O3/c1-18-14(21)10-6-11(15(22)19-2)8-12(7-10)20-16(23)13(17)9-4-3-5-9/h6-8H,3-5H2,1-2H3,(H,18,21)(H,19,22)(H,20,23). The summed E-state index contributed by atoms with van der Waals surface area (Å²) >= 11 is 0. The van der Waals surface area contributed by atoms with Crippen LogP contribution < -0.4 is 16.0 Å². The van der Waals surface area contributed by atoms with Crippen LogP contribution in [0.3, 0.4) is 0 Å². The molecule has 0 radical (unpaired) electrons. The highest BCUT2D eigenvalue weighted by atomic mass is 19.1. The van der Waals surface area contributed by atoms with Crippen molar-refractivity contribution in [1.29, 1.82) is 0 Å². The molecule has 0 aromatic heterocycles. The van der Waals surface area contributed by atoms with Gasteiger partial charge in [-0.2, -0.15) is 0 Å². The van der Waals surface area contributed by atoms with E-state index >= 15 is 0 Å². The van der Waals surface area contributed by atoms with Crippen LogP contribution in [0.15, 0.2) is 29.6 Å². The van der Waals surface area contributed by atoms with Crippen LogP contribution in [0.25, 0.3) is 0 Å². The first kappa shape index (κ1) is 16.7. The second-order valence-corrected chi connectivity index (χ2v) is 5.18. The molecule has 0 unspecified atom stereocenters. The predicted octanol–water partition coefficient (Wildman–Crippen LogP) is 1.75. The Balaban J connectivity index is 2.31. The summed E-state index contributed by atoms with van der Waals surface area (Å²) in [7, 11) is 2.90. The Kier molecular flexibility index (Phi) is 5.10. The Hall–Kier alpha value is -2.70. The average molecular weight is 319 g/mol. The van der Waals surface area contributed by atoms with E-state index in [-0.39, 0.29) is 16.8 Å². The molecule has 23 heavy (non-hydrogen) atoms. The quantitative estimate of drug-likeness (QED) is 0.739. The van der Waals surface area contributed by atoms with Crippen LogP contribution in [0.4, 0.5) is 10.1 Å². The van der Waals surface area contributed by atoms with Crippen LogP contribution in [-0.2, 0) is 4.79 Å². The molecule has 2 rings (SSSR count). The van der Waals surface area contributed by atoms with E-state index in [4.69, 9.17) is 0 Å². The SMILES string of the molecule is CNC(=O)c1cc(NC(=O)C(F)=C2CCC2)cc(C(=O)NC)c1. The van der Waals surface area contributed by atoms with E-state index in [1.54, 1.807) is 0 Å². The molecule has 1 fully saturated rings. The van der Waals surface area contributed by atoms with Crippen molar-refractivity contribution in [2.75, 3.05) is 19.4 Å². The van der Waals surface area contributed by atoms with Crippen LogP contribution in [0.2, 0.25) is 0 Å². The summed E-state index contributed by atoms with van der Waals surface area (Å²) in [6, 6.07) is 4.18. The van der Waals surface area contributed by atoms with E-state index in [2.05, 4.69) is 16.0 Å². The maximum Gasteiger partial charge on any atom is 0.284 e. The fraction of sp³-hybridized carbons (Fsp3) is 0.312. The van der Waals surface area contributed by atoms with Gasteiger partial charge in [0.1, 0.15) is 0 Å². The number of rotatable bonds is 4. The van der Waals surface area contributed by atoms with Gasteiger partial charge in [-0.3, -0.25) is 14.4 Å². The minimum Gasteiger partial charge on any atom is -0.355 e. The van der Waals surface area contributed by atoms with Crippen LogP contribution in [0.5, 0.6) is 0 Å². The highest BCUT2D eigenvalue weighted by Crippen LogP contribution is 2.30. The smallest absolute Gasteiger partial charge is 0.284 e. The second-order valence-electron chi connectivity index (χ2n) is 5.18. The van der Waals surface area contributed by atoms with Crippen molar-refractivity contribution in [3.8, 4) is 0 Å². The molecule has 1 aromatic carbocycles. The summed E-state index contributed by atoms with van der Waals surface area (Å²) in [5, 5.41) is 7.27. The van der Waals surface area contributed by atoms with Crippen LogP contribution >= 0.6 is 0 Å². The molecule has 3 N–H and O–H groups in total. The number of hydrogen-bond acceptors (Lipinski definition) is 3. The molecule has 122 valence electrons. The Morgan fingerprint density at radius 3 is 1.87 bits per heavy atom. The van der Waals surface area contributed by atoms with E-state index in [1.807, 2.05) is 0 Å². The molecule has 0 aliphatic heterocycles. The van der Waals surface area contributed by atoms with Gasteiger partial charge in [0.25, 0.3) is 17.7 Å². The molecular formula is C16H18FN3O3. The van der Waals surface area contributed by atoms with Crippen molar-refractivity contribution in [3.63, 3.8) is 0 Å². The molecular weight excluding hydrogens is 301 g/mol. The van der Waals surface area contributed by atoms with Crippen molar-refractivity contribution < 1.29 is 18.8 Å². The average Bonchev–Trinajstić information content (AvgIpc) is 2.51. The molecule has 0 atom stereocenters. The van der Waals surface area contributed by atoms with Crippen molar-refractivity contribution in [3.05, 3.63) is 40.7 Å². The summed E-state index contributed by atoms with van der Waals surface area (Å²) < 4.78 is 13.9. The third-order valence-corrected chi connectivity index (χ3v) is 3.64. The first-order valence-corrected chi connectivity index (χ1v) is 7.24. The third-order valence-electron chi connectivity index (χ3n) is 3.64. The van der Waals surface area contributed by atoms with Gasteiger partial charge in [-0.05, 0) is 43.0 Å². The number of carbonyl (C=O) groups is 3. The molecule has 7 heteroatoms. The van der Waals surface area contributed by atoms with Gasteiger partial charge in [0.15, 0.2) is 5.83 Å². The van der Waals surface area contributed by atoms with E-state index < -0.39 is 23.5 Å². The number of anilines is 1. The van der Waals surface area contributed by atoms with Gasteiger partial charge >= 0.3 is 0 Å². The Bertz CT molecular complexity index is 658. The maximum atomic E-state index is 13.9. The van der Waals surface area contributed by atoms with E-state index in [0.717, 1.165) is 6.42 Å². The lowest BCUT2D eigenvalue weighted by Crippen LogP contribution is -2.22. The van der Waals surface area contributed by atoms with Gasteiger partial charge in [-0.25, -0.2) is 4.39 Å². The molecule has 0 saturated heterocycles. The summed E-state index contributed by atoms with van der Waals surface area (Å²) in [6.45, 7) is 0. The fourth-order valence-corrected chi connectivity index (χ4v) is 2.17. The van der Waals surface area contributed by atoms with Crippen molar-refractivity contribution in [2.24, 2.45) is 0 Å². The largest absolute Gasteiger partial charge is 0.355 e. The summed E-state index contributed by atoms with van der Waals surface area (Å²) in [5.41, 5.74) is 1.07. The van der Waals surface area contributed by atoms with E-state index in [9.17, 15) is 18.8 Å². The highest BCUT2D eigenvalue weighted by Gasteiger charge is 2.21. The molecule has 1 saturated carbocycles. The van der Waals surface area contributed by atoms with E-state index in [0.29, 0.717) is 18.4 Å². The third kappa shape index (κ3) is 3.74. The topological polar surface area (TPSA) is 87.3 Å². The van der Waals surface area contributed by atoms with Crippen LogP contribution in [-0.4, -0.2) is 31.8 Å². The molecule has 6 nitrogen and oxygen atoms in total. The zero-order valence-corrected chi connectivity index (χ0v) is 13.0. The number of carbonyl (C=O) groups excluding carboxylic acids is 3. The van der Waals surface area contributed by atoms with E-state index in [1.165, 1.54) is 32.3 Å². The predicted molar refractivity (Wildman–Crippen MR) is 83.8 cm³/mol. The van der Waals surface area contributed by atoms with Gasteiger partial charge in [0.05, 0.1) is 0 Å². The molecule has 0 spiro atoms. The highest BCUT2D eigenvalue weighted by molar-refractivity contribution is 6.06. The van der Waals surface area contributed by atoms with Gasteiger partial charge in [-0.1, -0.05) is 0 Å². The van der Waals surface area contributed by atoms with Crippen molar-refractivity contribution in [2.45, 2.75) is 19.3 Å². The molecule has 1 aromatic rings. The van der Waals surface area contributed by atoms with Crippen molar-refractivity contribution >= 4 is 23.4 Å². The molecule has 1 aliphatic carbocycles. The van der Waals surface area contributed by atoms with Crippen LogP contribution in [0.1, 0.15) is 40.0 Å².